The molecule has 0 saturated carbocycles. The van der Waals surface area contributed by atoms with Gasteiger partial charge in [-0.1, -0.05) is 36.5 Å². The van der Waals surface area contributed by atoms with Gasteiger partial charge in [0.1, 0.15) is 6.54 Å². The van der Waals surface area contributed by atoms with Crippen LogP contribution in [0.15, 0.2) is 77.8 Å². The Morgan fingerprint density at radius 2 is 1.63 bits per heavy atom. The number of halogens is 2. The number of anilines is 2. The van der Waals surface area contributed by atoms with E-state index in [1.807, 2.05) is 29.8 Å². The molecule has 1 aliphatic rings. The fraction of sp³-hybridized carbons (Fsp3) is 0.300. The third kappa shape index (κ3) is 6.64. The molecule has 0 amide bonds. The Balaban J connectivity index is 1.47. The van der Waals surface area contributed by atoms with Crippen molar-refractivity contribution in [1.29, 1.82) is 0 Å². The average Bonchev–Trinajstić information content (AvgIpc) is 3.39. The van der Waals surface area contributed by atoms with Crippen LogP contribution < -0.4 is 9.21 Å². The summed E-state index contributed by atoms with van der Waals surface area (Å²) < 4.78 is 41.5. The van der Waals surface area contributed by atoms with E-state index in [-0.39, 0.29) is 21.5 Å². The molecule has 0 bridgehead atoms. The van der Waals surface area contributed by atoms with Crippen molar-refractivity contribution >= 4 is 61.5 Å². The van der Waals surface area contributed by atoms with Gasteiger partial charge in [-0.3, -0.25) is 9.10 Å². The molecule has 4 aromatic rings. The van der Waals surface area contributed by atoms with Crippen LogP contribution in [0.5, 0.6) is 0 Å². The van der Waals surface area contributed by atoms with E-state index in [9.17, 15) is 13.2 Å². The lowest BCUT2D eigenvalue weighted by molar-refractivity contribution is -0.141. The highest BCUT2D eigenvalue weighted by molar-refractivity contribution is 7.92. The van der Waals surface area contributed by atoms with E-state index >= 15 is 0 Å². The summed E-state index contributed by atoms with van der Waals surface area (Å²) in [5.41, 5.74) is 3.33. The van der Waals surface area contributed by atoms with Crippen LogP contribution >= 0.6 is 23.2 Å². The summed E-state index contributed by atoms with van der Waals surface area (Å²) >= 11 is 12.2. The van der Waals surface area contributed by atoms with Crippen molar-refractivity contribution in [3.63, 3.8) is 0 Å². The van der Waals surface area contributed by atoms with E-state index < -0.39 is 22.5 Å². The van der Waals surface area contributed by atoms with Gasteiger partial charge >= 0.3 is 5.97 Å². The maximum absolute atomic E-state index is 13.8. The number of carbonyl (C=O) groups excluding carboxylic acids is 1. The van der Waals surface area contributed by atoms with Crippen molar-refractivity contribution in [1.82, 2.24) is 4.57 Å². The number of hydrogen-bond acceptors (Lipinski definition) is 6. The first-order valence-corrected chi connectivity index (χ1v) is 15.6. The van der Waals surface area contributed by atoms with Crippen LogP contribution in [0, 0.1) is 0 Å². The summed E-state index contributed by atoms with van der Waals surface area (Å²) in [6.45, 7) is 4.87. The normalized spacial score (nSPS) is 13.9. The molecular weight excluding hydrogens is 585 g/mol. The minimum absolute atomic E-state index is 0.116. The molecule has 1 fully saturated rings. The van der Waals surface area contributed by atoms with Crippen molar-refractivity contribution in [2.24, 2.45) is 0 Å². The van der Waals surface area contributed by atoms with E-state index in [2.05, 4.69) is 29.2 Å². The molecule has 41 heavy (non-hydrogen) atoms. The summed E-state index contributed by atoms with van der Waals surface area (Å²) in [4.78, 5) is 14.9. The predicted octanol–water partition coefficient (Wildman–Crippen LogP) is 6.31. The van der Waals surface area contributed by atoms with Gasteiger partial charge in [-0.2, -0.15) is 0 Å². The van der Waals surface area contributed by atoms with Crippen LogP contribution in [0.3, 0.4) is 0 Å². The predicted molar refractivity (Wildman–Crippen MR) is 163 cm³/mol. The third-order valence-electron chi connectivity index (χ3n) is 6.92. The number of unbranched alkanes of at least 4 members (excludes halogenated alkanes) is 1. The van der Waals surface area contributed by atoms with E-state index in [0.717, 1.165) is 59.3 Å². The number of ether oxygens (including phenoxy) is 2. The van der Waals surface area contributed by atoms with Gasteiger partial charge in [0, 0.05) is 46.1 Å². The van der Waals surface area contributed by atoms with Crippen LogP contribution in [0.2, 0.25) is 10.0 Å². The van der Waals surface area contributed by atoms with Gasteiger partial charge in [0.2, 0.25) is 0 Å². The molecule has 0 spiro atoms. The number of rotatable bonds is 10. The molecule has 11 heteroatoms. The van der Waals surface area contributed by atoms with Gasteiger partial charge in [0.25, 0.3) is 10.0 Å². The fourth-order valence-electron chi connectivity index (χ4n) is 4.77. The Kier molecular flexibility index (Phi) is 9.09. The number of aromatic nitrogens is 1. The smallest absolute Gasteiger partial charge is 0.326 e. The molecular formula is C30H31Cl2N3O5S. The highest BCUT2D eigenvalue weighted by atomic mass is 35.5. The lowest BCUT2D eigenvalue weighted by Gasteiger charge is -2.29. The van der Waals surface area contributed by atoms with Crippen molar-refractivity contribution in [3.8, 4) is 5.69 Å². The number of carbonyl (C=O) groups is 1. The summed E-state index contributed by atoms with van der Waals surface area (Å²) in [6.07, 6.45) is 3.47. The first-order valence-electron chi connectivity index (χ1n) is 13.4. The Labute approximate surface area is 250 Å². The van der Waals surface area contributed by atoms with Gasteiger partial charge in [-0.05, 0) is 73.2 Å². The third-order valence-corrected chi connectivity index (χ3v) is 9.11. The number of morpholine rings is 1. The Bertz CT molecular complexity index is 1610. The summed E-state index contributed by atoms with van der Waals surface area (Å²) in [7, 11) is -4.21. The second kappa shape index (κ2) is 12.7. The quantitative estimate of drug-likeness (QED) is 0.153. The highest BCUT2D eigenvalue weighted by Gasteiger charge is 2.29. The Morgan fingerprint density at radius 3 is 2.32 bits per heavy atom. The monoisotopic (exact) mass is 615 g/mol. The average molecular weight is 617 g/mol. The Hall–Kier alpha value is -3.24. The van der Waals surface area contributed by atoms with Crippen molar-refractivity contribution < 1.29 is 22.7 Å². The second-order valence-corrected chi connectivity index (χ2v) is 12.5. The van der Waals surface area contributed by atoms with Gasteiger partial charge in [0.05, 0.1) is 35.9 Å². The summed E-state index contributed by atoms with van der Waals surface area (Å²) in [6, 6.07) is 19.6. The van der Waals surface area contributed by atoms with E-state index in [4.69, 9.17) is 32.7 Å². The van der Waals surface area contributed by atoms with Crippen LogP contribution in [-0.4, -0.2) is 58.4 Å². The van der Waals surface area contributed by atoms with Gasteiger partial charge in [-0.25, -0.2) is 8.42 Å². The number of benzene rings is 3. The van der Waals surface area contributed by atoms with Gasteiger partial charge in [-0.15, -0.1) is 0 Å². The van der Waals surface area contributed by atoms with Crippen molar-refractivity contribution in [2.75, 3.05) is 48.7 Å². The molecule has 0 unspecified atom stereocenters. The van der Waals surface area contributed by atoms with Crippen LogP contribution in [0.4, 0.5) is 11.4 Å². The molecule has 1 saturated heterocycles. The number of nitrogens with zero attached hydrogens (tertiary/aromatic N) is 3. The molecule has 5 rings (SSSR count). The lowest BCUT2D eigenvalue weighted by Crippen LogP contribution is -2.36. The zero-order valence-electron chi connectivity index (χ0n) is 22.6. The van der Waals surface area contributed by atoms with E-state index in [1.165, 1.54) is 18.2 Å². The topological polar surface area (TPSA) is 81.1 Å². The lowest BCUT2D eigenvalue weighted by atomic mass is 10.2. The maximum atomic E-state index is 13.8. The molecule has 3 aromatic carbocycles. The van der Waals surface area contributed by atoms with Gasteiger partial charge < -0.3 is 18.9 Å². The fourth-order valence-corrected chi connectivity index (χ4v) is 6.90. The molecule has 2 heterocycles. The van der Waals surface area contributed by atoms with Crippen molar-refractivity contribution in [2.45, 2.75) is 24.7 Å². The standard InChI is InChI=1S/C30H31Cl2N3O5S/c1-2-3-14-40-30(36)21-35(41(37,38)28-19-23(31)18-24(32)20-28)27-8-9-29-22(17-27)10-11-34(29)26-6-4-25(5-7-26)33-12-15-39-16-13-33/h4-11,17-20H,2-3,12-16,21H2,1H3. The molecule has 0 aliphatic carbocycles. The van der Waals surface area contributed by atoms with Gasteiger partial charge in [0.15, 0.2) is 0 Å². The molecule has 1 aliphatic heterocycles. The first-order chi connectivity index (χ1) is 19.8. The molecule has 216 valence electrons. The van der Waals surface area contributed by atoms with E-state index in [1.54, 1.807) is 12.1 Å². The highest BCUT2D eigenvalue weighted by Crippen LogP contribution is 2.32. The number of fused-ring (bicyclic) bond motifs is 1. The second-order valence-electron chi connectivity index (χ2n) is 9.74. The minimum Gasteiger partial charge on any atom is -0.464 e. The largest absolute Gasteiger partial charge is 0.464 e. The number of sulfonamides is 1. The maximum Gasteiger partial charge on any atom is 0.326 e. The molecule has 0 radical (unpaired) electrons. The zero-order chi connectivity index (χ0) is 29.0. The van der Waals surface area contributed by atoms with E-state index in [0.29, 0.717) is 12.1 Å². The van der Waals surface area contributed by atoms with Crippen molar-refractivity contribution in [3.05, 3.63) is 83.0 Å². The first kappa shape index (κ1) is 29.3. The van der Waals surface area contributed by atoms with Crippen LogP contribution in [0.25, 0.3) is 16.6 Å². The molecule has 0 atom stereocenters. The number of esters is 1. The minimum atomic E-state index is -4.21. The zero-order valence-corrected chi connectivity index (χ0v) is 25.0. The molecule has 1 aromatic heterocycles. The molecule has 8 nitrogen and oxygen atoms in total. The molecule has 0 N–H and O–H groups in total. The summed E-state index contributed by atoms with van der Waals surface area (Å²) in [5, 5.41) is 1.16. The number of hydrogen-bond donors (Lipinski definition) is 0. The summed E-state index contributed by atoms with van der Waals surface area (Å²) in [5.74, 6) is -0.645. The van der Waals surface area contributed by atoms with Crippen LogP contribution in [0.1, 0.15) is 19.8 Å². The Morgan fingerprint density at radius 1 is 0.951 bits per heavy atom. The van der Waals surface area contributed by atoms with Crippen LogP contribution in [-0.2, 0) is 24.3 Å². The SMILES string of the molecule is CCCCOC(=O)CN(c1ccc2c(ccn2-c2ccc(N3CCOCC3)cc2)c1)S(=O)(=O)c1cc(Cl)cc(Cl)c1.